The summed E-state index contributed by atoms with van der Waals surface area (Å²) in [5.41, 5.74) is -1.85. The molecular weight excluding hydrogens is 813 g/mol. The number of hydrogen-bond donors (Lipinski definition) is 4. The molecule has 0 aromatic carbocycles. The fourth-order valence-electron chi connectivity index (χ4n) is 11.5. The molecule has 15 heteroatoms. The Bertz CT molecular complexity index is 1650. The molecule has 4 fully saturated rings. The lowest BCUT2D eigenvalue weighted by atomic mass is 9.72. The molecule has 3 amide bonds. The van der Waals surface area contributed by atoms with E-state index in [1.54, 1.807) is 32.9 Å². The van der Waals surface area contributed by atoms with Crippen molar-refractivity contribution in [3.05, 3.63) is 12.2 Å². The zero-order valence-electron chi connectivity index (χ0n) is 40.1. The van der Waals surface area contributed by atoms with Gasteiger partial charge in [-0.3, -0.25) is 9.59 Å². The Labute approximate surface area is 375 Å². The average Bonchev–Trinajstić information content (AvgIpc) is 3.59. The molecule has 4 saturated heterocycles. The van der Waals surface area contributed by atoms with E-state index < -0.39 is 107 Å². The smallest absolute Gasteiger partial charge is 0.418 e. The summed E-state index contributed by atoms with van der Waals surface area (Å²) in [6.07, 6.45) is 3.52. The van der Waals surface area contributed by atoms with Crippen molar-refractivity contribution < 1.29 is 62.9 Å². The third-order valence-electron chi connectivity index (χ3n) is 15.8. The van der Waals surface area contributed by atoms with Crippen molar-refractivity contribution in [2.24, 2.45) is 41.4 Å². The van der Waals surface area contributed by atoms with Crippen LogP contribution in [0.1, 0.15) is 147 Å². The third-order valence-corrected chi connectivity index (χ3v) is 15.8. The maximum absolute atomic E-state index is 14.6. The molecule has 0 unspecified atom stereocenters. The standard InChI is InChI=1S/C48H80N2O13/c1-13-33(42(54)55)35-19-18-27(6)40(59-35)31(10)38(52)30(9)39(53)34(14-2)41-28(7)26-29(8)47(60-41)23-20-36(51)48(63-47)25-24-45(12,62-48)37-21-22-46(15-3,32(11)58-37)61-44(57)50(17-5)43(56)49-16-4/h20,23,27-38,40-41,51-52H,13-19,21-22,24-26H2,1-12H3,(H,49,56)(H,54,55)/t27-,28-,29+,30-,31-,32-,33+,34-,35+,36+,37+,38+,40+,41-,45-,46+,47-,48-/m0/s1. The van der Waals surface area contributed by atoms with Gasteiger partial charge in [0.25, 0.3) is 0 Å². The first-order valence-corrected chi connectivity index (χ1v) is 24.1. The van der Waals surface area contributed by atoms with Gasteiger partial charge in [0.1, 0.15) is 17.5 Å². The fourth-order valence-corrected chi connectivity index (χ4v) is 11.5. The minimum absolute atomic E-state index is 0.0317. The van der Waals surface area contributed by atoms with Gasteiger partial charge < -0.3 is 49.1 Å². The molecule has 15 nitrogen and oxygen atoms in total. The number of rotatable bonds is 15. The third kappa shape index (κ3) is 10.0. The topological polar surface area (TPSA) is 200 Å². The number of amides is 3. The van der Waals surface area contributed by atoms with Crippen molar-refractivity contribution >= 4 is 23.9 Å². The maximum Gasteiger partial charge on any atom is 0.418 e. The van der Waals surface area contributed by atoms with Gasteiger partial charge >= 0.3 is 18.1 Å². The molecule has 4 N–H and O–H groups in total. The molecule has 360 valence electrons. The number of hydrogen-bond acceptors (Lipinski definition) is 12. The highest BCUT2D eigenvalue weighted by molar-refractivity contribution is 5.91. The Morgan fingerprint density at radius 3 is 2.16 bits per heavy atom. The Hall–Kier alpha value is -2.66. The van der Waals surface area contributed by atoms with Crippen molar-refractivity contribution in [3.8, 4) is 0 Å². The highest BCUT2D eigenvalue weighted by Crippen LogP contribution is 2.54. The molecular formula is C48H80N2O13. The number of Topliss-reactive ketones (excluding diaryl/α,β-unsaturated/α-hetero) is 1. The van der Waals surface area contributed by atoms with Crippen LogP contribution in [0, 0.1) is 41.4 Å². The van der Waals surface area contributed by atoms with Crippen LogP contribution in [0.15, 0.2) is 12.2 Å². The van der Waals surface area contributed by atoms with Crippen LogP contribution in [0.3, 0.4) is 0 Å². The molecule has 0 saturated carbocycles. The molecule has 5 heterocycles. The predicted octanol–water partition coefficient (Wildman–Crippen LogP) is 7.38. The van der Waals surface area contributed by atoms with E-state index in [9.17, 15) is 34.5 Å². The molecule has 0 aliphatic carbocycles. The monoisotopic (exact) mass is 893 g/mol. The largest absolute Gasteiger partial charge is 0.481 e. The summed E-state index contributed by atoms with van der Waals surface area (Å²) in [4.78, 5) is 53.5. The zero-order valence-corrected chi connectivity index (χ0v) is 40.1. The quantitative estimate of drug-likeness (QED) is 0.119. The maximum atomic E-state index is 14.6. The lowest BCUT2D eigenvalue weighted by Gasteiger charge is -2.54. The number of carboxylic acid groups (broad SMARTS) is 1. The number of carbonyl (C=O) groups is 4. The normalized spacial score (nSPS) is 40.4. The van der Waals surface area contributed by atoms with Gasteiger partial charge in [-0.2, -0.15) is 0 Å². The predicted molar refractivity (Wildman–Crippen MR) is 234 cm³/mol. The van der Waals surface area contributed by atoms with Crippen LogP contribution in [-0.4, -0.2) is 123 Å². The first kappa shape index (κ1) is 51.3. The van der Waals surface area contributed by atoms with Gasteiger partial charge in [-0.1, -0.05) is 55.4 Å². The van der Waals surface area contributed by atoms with Crippen LogP contribution in [-0.2, 0) is 38.0 Å². The second-order valence-electron chi connectivity index (χ2n) is 19.8. The number of aliphatic hydroxyl groups is 2. The minimum Gasteiger partial charge on any atom is -0.481 e. The number of aliphatic carboxylic acids is 1. The average molecular weight is 893 g/mol. The first-order valence-electron chi connectivity index (χ1n) is 24.1. The molecule has 0 aromatic rings. The summed E-state index contributed by atoms with van der Waals surface area (Å²) < 4.78 is 40.1. The highest BCUT2D eigenvalue weighted by Gasteiger charge is 2.63. The van der Waals surface area contributed by atoms with Gasteiger partial charge in [-0.05, 0) is 109 Å². The van der Waals surface area contributed by atoms with Gasteiger partial charge in [0.2, 0.25) is 5.79 Å². The van der Waals surface area contributed by atoms with Gasteiger partial charge in [-0.25, -0.2) is 14.5 Å². The summed E-state index contributed by atoms with van der Waals surface area (Å²) >= 11 is 0. The van der Waals surface area contributed by atoms with Crippen molar-refractivity contribution in [2.45, 2.75) is 213 Å². The second-order valence-corrected chi connectivity index (χ2v) is 19.8. The number of nitrogens with zero attached hydrogens (tertiary/aromatic N) is 1. The van der Waals surface area contributed by atoms with Crippen LogP contribution < -0.4 is 5.32 Å². The van der Waals surface area contributed by atoms with E-state index in [4.69, 9.17) is 28.4 Å². The number of ketones is 1. The van der Waals surface area contributed by atoms with Gasteiger partial charge in [0.05, 0.1) is 48.1 Å². The van der Waals surface area contributed by atoms with E-state index in [1.807, 2.05) is 48.5 Å². The zero-order chi connectivity index (χ0) is 46.8. The molecule has 5 aliphatic heterocycles. The van der Waals surface area contributed by atoms with Crippen LogP contribution in [0.5, 0.6) is 0 Å². The molecule has 63 heavy (non-hydrogen) atoms. The fraction of sp³-hybridized carbons (Fsp3) is 0.875. The van der Waals surface area contributed by atoms with Crippen LogP contribution in [0.2, 0.25) is 0 Å². The van der Waals surface area contributed by atoms with Crippen LogP contribution in [0.4, 0.5) is 9.59 Å². The molecule has 2 spiro atoms. The van der Waals surface area contributed by atoms with E-state index in [1.165, 1.54) is 0 Å². The molecule has 18 atom stereocenters. The Balaban J connectivity index is 1.29. The summed E-state index contributed by atoms with van der Waals surface area (Å²) in [7, 11) is 0. The first-order chi connectivity index (χ1) is 29.6. The van der Waals surface area contributed by atoms with E-state index in [0.29, 0.717) is 64.3 Å². The molecule has 5 rings (SSSR count). The van der Waals surface area contributed by atoms with Crippen LogP contribution in [0.25, 0.3) is 0 Å². The van der Waals surface area contributed by atoms with Crippen molar-refractivity contribution in [2.75, 3.05) is 13.1 Å². The van der Waals surface area contributed by atoms with Crippen LogP contribution >= 0.6 is 0 Å². The number of ether oxygens (including phenoxy) is 6. The van der Waals surface area contributed by atoms with Gasteiger partial charge in [-0.15, -0.1) is 0 Å². The Kier molecular flexibility index (Phi) is 16.7. The molecule has 0 radical (unpaired) electrons. The summed E-state index contributed by atoms with van der Waals surface area (Å²) in [6.45, 7) is 23.4. The van der Waals surface area contributed by atoms with E-state index >= 15 is 0 Å². The number of aliphatic hydroxyl groups excluding tert-OH is 2. The van der Waals surface area contributed by atoms with Gasteiger partial charge in [0.15, 0.2) is 5.79 Å². The number of nitrogens with one attached hydrogen (secondary N) is 1. The summed E-state index contributed by atoms with van der Waals surface area (Å²) in [6, 6.07) is -0.513. The van der Waals surface area contributed by atoms with Crippen molar-refractivity contribution in [3.63, 3.8) is 0 Å². The van der Waals surface area contributed by atoms with Crippen molar-refractivity contribution in [1.82, 2.24) is 10.2 Å². The lowest BCUT2D eigenvalue weighted by Crippen LogP contribution is -2.63. The Morgan fingerprint density at radius 2 is 1.57 bits per heavy atom. The van der Waals surface area contributed by atoms with Crippen molar-refractivity contribution in [1.29, 1.82) is 0 Å². The van der Waals surface area contributed by atoms with E-state index in [-0.39, 0.29) is 30.1 Å². The van der Waals surface area contributed by atoms with E-state index in [0.717, 1.165) is 11.3 Å². The summed E-state index contributed by atoms with van der Waals surface area (Å²) in [5, 5.41) is 35.9. The second kappa shape index (κ2) is 20.5. The van der Waals surface area contributed by atoms with E-state index in [2.05, 4.69) is 19.2 Å². The lowest BCUT2D eigenvalue weighted by molar-refractivity contribution is -0.409. The number of imide groups is 1. The number of carbonyl (C=O) groups excluding carboxylic acids is 3. The van der Waals surface area contributed by atoms with Gasteiger partial charge in [0, 0.05) is 43.2 Å². The molecule has 0 bridgehead atoms. The number of carboxylic acids is 1. The molecule has 5 aliphatic rings. The number of urea groups is 1. The highest BCUT2D eigenvalue weighted by atomic mass is 16.8. The molecule has 0 aromatic heterocycles. The summed E-state index contributed by atoms with van der Waals surface area (Å²) in [5.74, 6) is -6.25. The minimum atomic E-state index is -1.47. The SMILES string of the molecule is CCNC(=O)N(CC)C(=O)O[C@]1(CC)CC[C@H]([C@]2(C)CC[C@@]3(O[C@]4(C=C[C@H]3O)O[C@H]([C@@H](CC)C(=O)[C@@H](C)[C@@H](O)[C@H](C)[C@@H]3O[C@@H]([C@@H](CC)C(=O)O)CC[C@@H]3C)[C@@H](C)C[C@H]4C)O2)O[C@H]1C. The Morgan fingerprint density at radius 1 is 0.889 bits per heavy atom.